The molecule has 38 heavy (non-hydrogen) atoms. The third kappa shape index (κ3) is 4.84. The van der Waals surface area contributed by atoms with Crippen LogP contribution >= 0.6 is 0 Å². The van der Waals surface area contributed by atoms with Crippen molar-refractivity contribution in [1.82, 2.24) is 0 Å². The molecule has 0 unspecified atom stereocenters. The lowest BCUT2D eigenvalue weighted by atomic mass is 9.54. The van der Waals surface area contributed by atoms with Crippen molar-refractivity contribution in [1.29, 1.82) is 0 Å². The third-order valence-corrected chi connectivity index (χ3v) is 9.86. The molecule has 0 bridgehead atoms. The summed E-state index contributed by atoms with van der Waals surface area (Å²) in [5, 5.41) is 0. The second kappa shape index (κ2) is 9.31. The van der Waals surface area contributed by atoms with E-state index in [1.807, 2.05) is 0 Å². The SMILES string of the molecule is Cc1ccc(N(c2ccc(B3CC(C)(C)C(C)(C)O3)cc2)c2ccc(B3CC(C)(C)C(C)(C)O3)cc2)cc1. The molecule has 0 aromatic heterocycles. The van der Waals surface area contributed by atoms with E-state index < -0.39 is 0 Å². The van der Waals surface area contributed by atoms with Gasteiger partial charge in [-0.2, -0.15) is 0 Å². The zero-order chi connectivity index (χ0) is 27.5. The Bertz CT molecular complexity index is 1170. The van der Waals surface area contributed by atoms with Crippen molar-refractivity contribution in [3.05, 3.63) is 78.4 Å². The average molecular weight is 507 g/mol. The standard InChI is InChI=1S/C33H43B2NO2/c1-24-10-16-27(17-11-24)36(28-18-12-25(13-19-28)34-22-30(2,3)32(6,7)37-34)29-20-14-26(15-21-29)35-23-31(4,5)33(8,9)38-35/h10-21H,22-23H2,1-9H3. The van der Waals surface area contributed by atoms with Crippen molar-refractivity contribution >= 4 is 41.8 Å². The zero-order valence-electron chi connectivity index (χ0n) is 24.8. The fraction of sp³-hybridized carbons (Fsp3) is 0.455. The quantitative estimate of drug-likeness (QED) is 0.333. The second-order valence-corrected chi connectivity index (χ2v) is 13.8. The number of aryl methyl sites for hydroxylation is 1. The summed E-state index contributed by atoms with van der Waals surface area (Å²) in [6.07, 6.45) is 2.05. The summed E-state index contributed by atoms with van der Waals surface area (Å²) in [4.78, 5) is 2.33. The van der Waals surface area contributed by atoms with Crippen LogP contribution in [0.1, 0.15) is 61.0 Å². The van der Waals surface area contributed by atoms with Crippen molar-refractivity contribution < 1.29 is 9.31 Å². The molecule has 2 fully saturated rings. The Morgan fingerprint density at radius 3 is 1.13 bits per heavy atom. The van der Waals surface area contributed by atoms with E-state index in [2.05, 4.69) is 140 Å². The molecule has 2 aliphatic rings. The smallest absolute Gasteiger partial charge is 0.327 e. The molecule has 2 heterocycles. The lowest BCUT2D eigenvalue weighted by Gasteiger charge is -2.34. The molecule has 0 saturated carbocycles. The lowest BCUT2D eigenvalue weighted by Crippen LogP contribution is -2.36. The first kappa shape index (κ1) is 27.1. The van der Waals surface area contributed by atoms with Crippen LogP contribution in [0.5, 0.6) is 0 Å². The van der Waals surface area contributed by atoms with Gasteiger partial charge in [0, 0.05) is 17.1 Å². The van der Waals surface area contributed by atoms with Gasteiger partial charge in [-0.1, -0.05) is 69.7 Å². The second-order valence-electron chi connectivity index (χ2n) is 13.8. The molecular weight excluding hydrogens is 464 g/mol. The molecule has 198 valence electrons. The molecular formula is C33H43B2NO2. The minimum absolute atomic E-state index is 0.126. The summed E-state index contributed by atoms with van der Waals surface area (Å²) in [6.45, 7) is 20.5. The van der Waals surface area contributed by atoms with Crippen molar-refractivity contribution in [3.8, 4) is 0 Å². The van der Waals surface area contributed by atoms with Gasteiger partial charge in [-0.05, 0) is 105 Å². The molecule has 3 nitrogen and oxygen atoms in total. The van der Waals surface area contributed by atoms with Crippen molar-refractivity contribution in [2.75, 3.05) is 4.90 Å². The van der Waals surface area contributed by atoms with Crippen LogP contribution in [0.2, 0.25) is 12.6 Å². The van der Waals surface area contributed by atoms with Crippen molar-refractivity contribution in [3.63, 3.8) is 0 Å². The van der Waals surface area contributed by atoms with Crippen LogP contribution in [-0.2, 0) is 9.31 Å². The summed E-state index contributed by atoms with van der Waals surface area (Å²) in [6, 6.07) is 26.6. The predicted molar refractivity (Wildman–Crippen MR) is 164 cm³/mol. The van der Waals surface area contributed by atoms with Gasteiger partial charge in [0.25, 0.3) is 0 Å². The highest BCUT2D eigenvalue weighted by molar-refractivity contribution is 6.68. The molecule has 0 aliphatic carbocycles. The first-order valence-corrected chi connectivity index (χ1v) is 14.1. The van der Waals surface area contributed by atoms with E-state index in [4.69, 9.17) is 9.31 Å². The van der Waals surface area contributed by atoms with Gasteiger partial charge in [-0.25, -0.2) is 0 Å². The highest BCUT2D eigenvalue weighted by Gasteiger charge is 2.50. The van der Waals surface area contributed by atoms with E-state index in [1.54, 1.807) is 0 Å². The summed E-state index contributed by atoms with van der Waals surface area (Å²) < 4.78 is 13.0. The number of hydrogen-bond donors (Lipinski definition) is 0. The molecule has 3 aromatic rings. The molecule has 5 heteroatoms. The van der Waals surface area contributed by atoms with E-state index in [0.717, 1.165) is 29.7 Å². The normalized spacial score (nSPS) is 21.1. The molecule has 5 rings (SSSR count). The highest BCUT2D eigenvalue weighted by Crippen LogP contribution is 2.46. The maximum absolute atomic E-state index is 6.50. The first-order chi connectivity index (χ1) is 17.7. The molecule has 0 spiro atoms. The first-order valence-electron chi connectivity index (χ1n) is 14.1. The number of hydrogen-bond acceptors (Lipinski definition) is 3. The molecule has 0 atom stereocenters. The lowest BCUT2D eigenvalue weighted by molar-refractivity contribution is 0.0374. The summed E-state index contributed by atoms with van der Waals surface area (Å²) in [5.74, 6) is 0. The maximum Gasteiger partial charge on any atom is 0.327 e. The van der Waals surface area contributed by atoms with Crippen LogP contribution in [0.4, 0.5) is 17.1 Å². The third-order valence-electron chi connectivity index (χ3n) is 9.86. The van der Waals surface area contributed by atoms with Crippen molar-refractivity contribution in [2.45, 2.75) is 86.2 Å². The molecule has 0 N–H and O–H groups in total. The Hall–Kier alpha value is -2.49. The van der Waals surface area contributed by atoms with Gasteiger partial charge in [0.1, 0.15) is 0 Å². The molecule has 3 aromatic carbocycles. The van der Waals surface area contributed by atoms with Gasteiger partial charge in [-0.3, -0.25) is 0 Å². The highest BCUT2D eigenvalue weighted by atomic mass is 16.5. The minimum atomic E-state index is -0.139. The maximum atomic E-state index is 6.50. The monoisotopic (exact) mass is 507 g/mol. The van der Waals surface area contributed by atoms with Crippen molar-refractivity contribution in [2.24, 2.45) is 10.8 Å². The summed E-state index contributed by atoms with van der Waals surface area (Å²) in [5.41, 5.74) is 7.17. The van der Waals surface area contributed by atoms with E-state index >= 15 is 0 Å². The Labute approximate surface area is 231 Å². The topological polar surface area (TPSA) is 21.7 Å². The van der Waals surface area contributed by atoms with E-state index in [1.165, 1.54) is 16.5 Å². The molecule has 0 amide bonds. The zero-order valence-corrected chi connectivity index (χ0v) is 24.8. The van der Waals surface area contributed by atoms with Crippen LogP contribution in [0, 0.1) is 17.8 Å². The van der Waals surface area contributed by atoms with Gasteiger partial charge in [-0.15, -0.1) is 0 Å². The molecule has 2 saturated heterocycles. The Morgan fingerprint density at radius 2 is 0.842 bits per heavy atom. The van der Waals surface area contributed by atoms with Gasteiger partial charge in [0.05, 0.1) is 11.2 Å². The van der Waals surface area contributed by atoms with Gasteiger partial charge in [0.15, 0.2) is 0 Å². The van der Waals surface area contributed by atoms with Gasteiger partial charge in [0.2, 0.25) is 0 Å². The van der Waals surface area contributed by atoms with E-state index in [-0.39, 0.29) is 35.9 Å². The number of anilines is 3. The van der Waals surface area contributed by atoms with Gasteiger partial charge < -0.3 is 14.2 Å². The number of rotatable bonds is 5. The minimum Gasteiger partial charge on any atom is -0.426 e. The van der Waals surface area contributed by atoms with E-state index in [0.29, 0.717) is 0 Å². The van der Waals surface area contributed by atoms with Crippen LogP contribution in [0.25, 0.3) is 0 Å². The predicted octanol–water partition coefficient (Wildman–Crippen LogP) is 7.53. The van der Waals surface area contributed by atoms with Crippen LogP contribution in [-0.4, -0.2) is 25.0 Å². The number of benzene rings is 3. The van der Waals surface area contributed by atoms with E-state index in [9.17, 15) is 0 Å². The van der Waals surface area contributed by atoms with Crippen LogP contribution in [0.3, 0.4) is 0 Å². The number of nitrogens with zero attached hydrogens (tertiary/aromatic N) is 1. The van der Waals surface area contributed by atoms with Crippen LogP contribution < -0.4 is 15.8 Å². The Balaban J connectivity index is 1.44. The van der Waals surface area contributed by atoms with Crippen LogP contribution in [0.15, 0.2) is 72.8 Å². The van der Waals surface area contributed by atoms with Gasteiger partial charge >= 0.3 is 13.8 Å². The molecule has 2 aliphatic heterocycles. The fourth-order valence-electron chi connectivity index (χ4n) is 5.72. The summed E-state index contributed by atoms with van der Waals surface area (Å²) in [7, 11) is 0. The average Bonchev–Trinajstić information content (AvgIpc) is 3.21. The summed E-state index contributed by atoms with van der Waals surface area (Å²) >= 11 is 0. The Kier molecular flexibility index (Phi) is 6.64. The fourth-order valence-corrected chi connectivity index (χ4v) is 5.72. The molecule has 0 radical (unpaired) electrons. The largest absolute Gasteiger partial charge is 0.426 e. The Morgan fingerprint density at radius 1 is 0.526 bits per heavy atom.